The van der Waals surface area contributed by atoms with Crippen LogP contribution in [0.4, 0.5) is 0 Å². The van der Waals surface area contributed by atoms with Gasteiger partial charge in [0.05, 0.1) is 6.42 Å². The molecular formula is C5H8N2O4. The summed E-state index contributed by atoms with van der Waals surface area (Å²) in [5.74, 6) is -1.52. The van der Waals surface area contributed by atoms with Crippen molar-refractivity contribution in [2.24, 2.45) is 5.73 Å². The maximum atomic E-state index is 10.5. The number of carbonyl (C=O) groups is 2. The van der Waals surface area contributed by atoms with Gasteiger partial charge in [0, 0.05) is 0 Å². The molecular weight excluding hydrogens is 152 g/mol. The van der Waals surface area contributed by atoms with Gasteiger partial charge in [-0.25, -0.2) is 5.48 Å². The summed E-state index contributed by atoms with van der Waals surface area (Å²) in [4.78, 5) is 25.3. The zero-order chi connectivity index (χ0) is 8.43. The molecule has 0 aromatic carbocycles. The first-order valence-electron chi connectivity index (χ1n) is 3.04. The van der Waals surface area contributed by atoms with Gasteiger partial charge in [0.25, 0.3) is 0 Å². The SMILES string of the molecule is N[C@@H](C(=O)O)[C@H]1CC(=O)NO1. The van der Waals surface area contributed by atoms with Gasteiger partial charge in [-0.3, -0.25) is 14.4 Å². The predicted octanol–water partition coefficient (Wildman–Crippen LogP) is -1.78. The van der Waals surface area contributed by atoms with E-state index in [1.807, 2.05) is 5.48 Å². The highest BCUT2D eigenvalue weighted by Crippen LogP contribution is 2.07. The van der Waals surface area contributed by atoms with E-state index in [0.717, 1.165) is 0 Å². The normalized spacial score (nSPS) is 26.3. The minimum Gasteiger partial charge on any atom is -0.480 e. The van der Waals surface area contributed by atoms with E-state index in [9.17, 15) is 9.59 Å². The fraction of sp³-hybridized carbons (Fsp3) is 0.600. The van der Waals surface area contributed by atoms with Crippen LogP contribution in [-0.2, 0) is 14.4 Å². The second-order valence-electron chi connectivity index (χ2n) is 2.25. The van der Waals surface area contributed by atoms with Crippen LogP contribution in [0.2, 0.25) is 0 Å². The molecule has 1 amide bonds. The molecule has 1 heterocycles. The molecule has 0 aromatic rings. The van der Waals surface area contributed by atoms with Gasteiger partial charge in [-0.05, 0) is 0 Å². The van der Waals surface area contributed by atoms with Crippen LogP contribution in [0.1, 0.15) is 6.42 Å². The van der Waals surface area contributed by atoms with Crippen LogP contribution in [0.3, 0.4) is 0 Å². The number of hydrogen-bond acceptors (Lipinski definition) is 4. The van der Waals surface area contributed by atoms with Gasteiger partial charge in [-0.1, -0.05) is 0 Å². The number of hydroxylamine groups is 1. The van der Waals surface area contributed by atoms with Gasteiger partial charge < -0.3 is 10.8 Å². The molecule has 0 radical (unpaired) electrons. The van der Waals surface area contributed by atoms with Gasteiger partial charge >= 0.3 is 5.97 Å². The van der Waals surface area contributed by atoms with Crippen molar-refractivity contribution in [2.45, 2.75) is 18.6 Å². The Hall–Kier alpha value is -1.14. The summed E-state index contributed by atoms with van der Waals surface area (Å²) in [5.41, 5.74) is 7.19. The van der Waals surface area contributed by atoms with Crippen molar-refractivity contribution in [3.63, 3.8) is 0 Å². The molecule has 1 aliphatic heterocycles. The number of nitrogens with one attached hydrogen (secondary N) is 1. The van der Waals surface area contributed by atoms with Gasteiger partial charge in [-0.15, -0.1) is 0 Å². The van der Waals surface area contributed by atoms with Gasteiger partial charge in [0.2, 0.25) is 5.91 Å². The minimum absolute atomic E-state index is 0.00741. The van der Waals surface area contributed by atoms with Crippen LogP contribution >= 0.6 is 0 Å². The number of aliphatic carboxylic acids is 1. The average Bonchev–Trinajstić information content (AvgIpc) is 2.34. The number of carbonyl (C=O) groups excluding carboxylic acids is 1. The summed E-state index contributed by atoms with van der Waals surface area (Å²) in [7, 11) is 0. The first-order chi connectivity index (χ1) is 5.11. The molecule has 1 saturated heterocycles. The molecule has 0 spiro atoms. The summed E-state index contributed by atoms with van der Waals surface area (Å²) in [5, 5.41) is 8.38. The Morgan fingerprint density at radius 3 is 2.91 bits per heavy atom. The number of rotatable bonds is 2. The maximum Gasteiger partial charge on any atom is 0.323 e. The van der Waals surface area contributed by atoms with Crippen molar-refractivity contribution >= 4 is 11.9 Å². The Bertz CT molecular complexity index is 193. The molecule has 6 heteroatoms. The van der Waals surface area contributed by atoms with Crippen LogP contribution in [0.15, 0.2) is 0 Å². The van der Waals surface area contributed by atoms with E-state index in [-0.39, 0.29) is 12.3 Å². The maximum absolute atomic E-state index is 10.5. The number of amides is 1. The summed E-state index contributed by atoms with van der Waals surface area (Å²) >= 11 is 0. The topological polar surface area (TPSA) is 102 Å². The predicted molar refractivity (Wildman–Crippen MR) is 33.2 cm³/mol. The lowest BCUT2D eigenvalue weighted by molar-refractivity contribution is -0.143. The lowest BCUT2D eigenvalue weighted by Crippen LogP contribution is -2.41. The third-order valence-corrected chi connectivity index (χ3v) is 1.40. The largest absolute Gasteiger partial charge is 0.480 e. The first kappa shape index (κ1) is 7.96. The summed E-state index contributed by atoms with van der Waals surface area (Å²) in [6.45, 7) is 0. The monoisotopic (exact) mass is 160 g/mol. The number of carboxylic acids is 1. The molecule has 0 aliphatic carbocycles. The third kappa shape index (κ3) is 1.66. The van der Waals surface area contributed by atoms with Crippen molar-refractivity contribution in [1.82, 2.24) is 5.48 Å². The minimum atomic E-state index is -1.17. The summed E-state index contributed by atoms with van der Waals surface area (Å²) in [6, 6.07) is -1.14. The molecule has 0 bridgehead atoms. The van der Waals surface area contributed by atoms with E-state index in [2.05, 4.69) is 4.84 Å². The Kier molecular flexibility index (Phi) is 2.06. The molecule has 0 saturated carbocycles. The van der Waals surface area contributed by atoms with E-state index in [0.29, 0.717) is 0 Å². The highest BCUT2D eigenvalue weighted by molar-refractivity contribution is 5.80. The molecule has 1 rings (SSSR count). The van der Waals surface area contributed by atoms with E-state index in [1.165, 1.54) is 0 Å². The fourth-order valence-corrected chi connectivity index (χ4v) is 0.767. The van der Waals surface area contributed by atoms with E-state index >= 15 is 0 Å². The Morgan fingerprint density at radius 1 is 1.91 bits per heavy atom. The molecule has 1 fully saturated rings. The molecule has 4 N–H and O–H groups in total. The van der Waals surface area contributed by atoms with Crippen molar-refractivity contribution < 1.29 is 19.5 Å². The van der Waals surface area contributed by atoms with Crippen molar-refractivity contribution in [1.29, 1.82) is 0 Å². The van der Waals surface area contributed by atoms with E-state index < -0.39 is 18.1 Å². The highest BCUT2D eigenvalue weighted by atomic mass is 16.7. The molecule has 6 nitrogen and oxygen atoms in total. The lowest BCUT2D eigenvalue weighted by Gasteiger charge is -2.10. The van der Waals surface area contributed by atoms with E-state index in [1.54, 1.807) is 0 Å². The van der Waals surface area contributed by atoms with Crippen LogP contribution in [0.5, 0.6) is 0 Å². The second-order valence-corrected chi connectivity index (χ2v) is 2.25. The Balaban J connectivity index is 2.49. The highest BCUT2D eigenvalue weighted by Gasteiger charge is 2.32. The van der Waals surface area contributed by atoms with Crippen molar-refractivity contribution in [3.05, 3.63) is 0 Å². The molecule has 0 aromatic heterocycles. The van der Waals surface area contributed by atoms with Crippen molar-refractivity contribution in [3.8, 4) is 0 Å². The number of hydrogen-bond donors (Lipinski definition) is 3. The molecule has 62 valence electrons. The van der Waals surface area contributed by atoms with Gasteiger partial charge in [-0.2, -0.15) is 0 Å². The first-order valence-corrected chi connectivity index (χ1v) is 3.04. The number of carboxylic acid groups (broad SMARTS) is 1. The van der Waals surface area contributed by atoms with Crippen LogP contribution in [0.25, 0.3) is 0 Å². The smallest absolute Gasteiger partial charge is 0.323 e. The van der Waals surface area contributed by atoms with Crippen molar-refractivity contribution in [2.75, 3.05) is 0 Å². The quantitative estimate of drug-likeness (QED) is 0.443. The third-order valence-electron chi connectivity index (χ3n) is 1.40. The lowest BCUT2D eigenvalue weighted by atomic mass is 10.1. The standard InChI is InChI=1S/C5H8N2O4/c6-4(5(9)10)2-1-3(8)7-11-2/h2,4H,1,6H2,(H,7,8)(H,9,10)/t2-,4-/m1/s1. The molecule has 1 aliphatic rings. The van der Waals surface area contributed by atoms with Crippen LogP contribution in [0, 0.1) is 0 Å². The zero-order valence-electron chi connectivity index (χ0n) is 5.61. The Labute approximate surface area is 62.3 Å². The number of nitrogens with two attached hydrogens (primary N) is 1. The van der Waals surface area contributed by atoms with Crippen LogP contribution in [-0.4, -0.2) is 29.1 Å². The Morgan fingerprint density at radius 2 is 2.55 bits per heavy atom. The summed E-state index contributed by atoms with van der Waals surface area (Å²) < 4.78 is 0. The van der Waals surface area contributed by atoms with Crippen LogP contribution < -0.4 is 11.2 Å². The molecule has 2 atom stereocenters. The molecule has 0 unspecified atom stereocenters. The second kappa shape index (κ2) is 2.85. The van der Waals surface area contributed by atoms with Gasteiger partial charge in [0.1, 0.15) is 12.1 Å². The van der Waals surface area contributed by atoms with E-state index in [4.69, 9.17) is 10.8 Å². The molecule has 11 heavy (non-hydrogen) atoms. The zero-order valence-corrected chi connectivity index (χ0v) is 5.61. The average molecular weight is 160 g/mol. The summed E-state index contributed by atoms with van der Waals surface area (Å²) in [6.07, 6.45) is -0.743. The fourth-order valence-electron chi connectivity index (χ4n) is 0.767. The van der Waals surface area contributed by atoms with Gasteiger partial charge in [0.15, 0.2) is 0 Å².